The fourth-order valence-electron chi connectivity index (χ4n) is 3.38. The van der Waals surface area contributed by atoms with E-state index < -0.39 is 0 Å². The van der Waals surface area contributed by atoms with Gasteiger partial charge in [-0.25, -0.2) is 0 Å². The summed E-state index contributed by atoms with van der Waals surface area (Å²) >= 11 is 0. The van der Waals surface area contributed by atoms with Gasteiger partial charge in [0.2, 0.25) is 11.9 Å². The lowest BCUT2D eigenvalue weighted by molar-refractivity contribution is -0.583. The molecule has 0 spiro atoms. The van der Waals surface area contributed by atoms with Crippen LogP contribution in [0, 0.1) is 20.1 Å². The minimum atomic E-state index is 0.329. The first-order valence-electron chi connectivity index (χ1n) is 8.92. The maximum absolute atomic E-state index is 8.76. The Kier molecular flexibility index (Phi) is 5.24. The van der Waals surface area contributed by atoms with Crippen molar-refractivity contribution in [3.63, 3.8) is 0 Å². The number of fused-ring (bicyclic) bond motifs is 3. The predicted octanol–water partition coefficient (Wildman–Crippen LogP) is 3.53. The van der Waals surface area contributed by atoms with E-state index in [2.05, 4.69) is 52.4 Å². The molecule has 0 unspecified atom stereocenters. The summed E-state index contributed by atoms with van der Waals surface area (Å²) in [6.45, 7) is 6.89. The number of benzene rings is 1. The average Bonchev–Trinajstić information content (AvgIpc) is 3.27. The molecule has 0 aliphatic carbocycles. The van der Waals surface area contributed by atoms with Crippen molar-refractivity contribution in [1.82, 2.24) is 4.52 Å². The summed E-state index contributed by atoms with van der Waals surface area (Å²) in [7, 11) is 0. The summed E-state index contributed by atoms with van der Waals surface area (Å²) in [5.41, 5.74) is 13.4. The molecule has 0 radical (unpaired) electrons. The predicted molar refractivity (Wildman–Crippen MR) is 107 cm³/mol. The molecule has 26 heavy (non-hydrogen) atoms. The summed E-state index contributed by atoms with van der Waals surface area (Å²) in [4.78, 5) is 0. The summed E-state index contributed by atoms with van der Waals surface area (Å²) in [6.07, 6.45) is 11.5. The highest BCUT2D eigenvalue weighted by Crippen LogP contribution is 2.24. The molecule has 0 bridgehead atoms. The number of aromatic hydroxyl groups is 1. The van der Waals surface area contributed by atoms with Crippen LogP contribution in [0.4, 0.5) is 0 Å². The van der Waals surface area contributed by atoms with Crippen LogP contribution < -0.4 is 10.1 Å². The lowest BCUT2D eigenvalue weighted by Crippen LogP contribution is -2.24. The third-order valence-corrected chi connectivity index (χ3v) is 4.50. The molecule has 4 nitrogen and oxygen atoms in total. The third-order valence-electron chi connectivity index (χ3n) is 4.50. The van der Waals surface area contributed by atoms with Gasteiger partial charge in [-0.3, -0.25) is 0 Å². The average molecular weight is 348 g/mol. The lowest BCUT2D eigenvalue weighted by Gasteiger charge is -1.92. The van der Waals surface area contributed by atoms with Gasteiger partial charge in [-0.15, -0.1) is 4.52 Å². The Balaban J connectivity index is 0.000000206. The summed E-state index contributed by atoms with van der Waals surface area (Å²) < 4.78 is 4.48. The molecule has 134 valence electrons. The summed E-state index contributed by atoms with van der Waals surface area (Å²) in [5, 5.41) is 8.76. The maximum atomic E-state index is 8.76. The molecule has 4 heteroatoms. The molecule has 1 aliphatic heterocycles. The fraction of sp³-hybridized carbons (Fsp3) is 0.227. The van der Waals surface area contributed by atoms with Crippen LogP contribution >= 0.6 is 0 Å². The highest BCUT2D eigenvalue weighted by atomic mass is 16.3. The molecule has 0 fully saturated rings. The van der Waals surface area contributed by atoms with E-state index in [1.165, 1.54) is 33.6 Å². The number of phenols is 1. The largest absolute Gasteiger partial charge is 0.508 e. The molecule has 0 amide bonds. The Morgan fingerprint density at radius 1 is 1.19 bits per heavy atom. The highest BCUT2D eigenvalue weighted by Gasteiger charge is 2.25. The number of aryl methyl sites for hydroxylation is 2. The molecule has 2 aromatic heterocycles. The number of allylic oxidation sites excluding steroid dienone is 2. The third kappa shape index (κ3) is 3.28. The van der Waals surface area contributed by atoms with Gasteiger partial charge in [-0.2, -0.15) is 0 Å². The van der Waals surface area contributed by atoms with Crippen molar-refractivity contribution in [3.8, 4) is 5.75 Å². The maximum Gasteiger partial charge on any atom is 0.242 e. The number of hydrogen-bond acceptors (Lipinski definition) is 2. The molecule has 4 rings (SSSR count). The van der Waals surface area contributed by atoms with Crippen molar-refractivity contribution in [2.75, 3.05) is 6.54 Å². The van der Waals surface area contributed by atoms with Gasteiger partial charge in [0, 0.05) is 12.2 Å². The second-order valence-electron chi connectivity index (χ2n) is 6.50. The molecule has 3 heterocycles. The first-order valence-corrected chi connectivity index (χ1v) is 8.92. The van der Waals surface area contributed by atoms with E-state index in [-0.39, 0.29) is 0 Å². The second kappa shape index (κ2) is 7.58. The standard InChI is InChI=1S/C15H18N3.C7H8O/c1-3-5-12-10-11(2)15-13(7-8-16)14-6-4-9-17(14)18(12)15;1-6-2-4-7(8)5-3-6/h3-6,9-10H,7-8,16H2,1-2H3;2-5,8H,1H3/q+1;/b5-3+;. The SMILES string of the molecule is C/C=C/c1cc(C)c2c(CCN)c3[n+](n12)=CC=C3.Cc1ccc(O)cc1. The van der Waals surface area contributed by atoms with Crippen LogP contribution in [0.2, 0.25) is 0 Å². The zero-order valence-electron chi connectivity index (χ0n) is 15.6. The zero-order chi connectivity index (χ0) is 18.7. The molecular weight excluding hydrogens is 322 g/mol. The van der Waals surface area contributed by atoms with Crippen LogP contribution in [-0.2, 0) is 6.42 Å². The molecule has 0 atom stereocenters. The minimum Gasteiger partial charge on any atom is -0.508 e. The first kappa shape index (κ1) is 18.0. The number of hydrogen-bond donors (Lipinski definition) is 2. The van der Waals surface area contributed by atoms with Gasteiger partial charge in [-0.05, 0) is 63.6 Å². The monoisotopic (exact) mass is 348 g/mol. The van der Waals surface area contributed by atoms with Gasteiger partial charge in [0.25, 0.3) is 0 Å². The first-order chi connectivity index (χ1) is 12.6. The van der Waals surface area contributed by atoms with Gasteiger partial charge in [0.1, 0.15) is 17.0 Å². The molecule has 3 N–H and O–H groups in total. The Morgan fingerprint density at radius 2 is 1.92 bits per heavy atom. The summed E-state index contributed by atoms with van der Waals surface area (Å²) in [6, 6.07) is 9.32. The Hall–Kier alpha value is -2.85. The zero-order valence-corrected chi connectivity index (χ0v) is 15.6. The van der Waals surface area contributed by atoms with Gasteiger partial charge in [-0.1, -0.05) is 28.1 Å². The second-order valence-corrected chi connectivity index (χ2v) is 6.50. The van der Waals surface area contributed by atoms with Crippen molar-refractivity contribution in [2.45, 2.75) is 27.2 Å². The molecule has 0 saturated heterocycles. The van der Waals surface area contributed by atoms with Crippen LogP contribution in [0.15, 0.2) is 42.5 Å². The molecule has 0 saturated carbocycles. The normalized spacial score (nSPS) is 12.3. The lowest BCUT2D eigenvalue weighted by atomic mass is 10.1. The molecule has 1 aliphatic rings. The van der Waals surface area contributed by atoms with E-state index in [1.54, 1.807) is 12.1 Å². The van der Waals surface area contributed by atoms with Crippen LogP contribution in [-0.4, -0.2) is 16.2 Å². The van der Waals surface area contributed by atoms with Crippen LogP contribution in [0.3, 0.4) is 0 Å². The van der Waals surface area contributed by atoms with Crippen molar-refractivity contribution >= 4 is 17.7 Å². The van der Waals surface area contributed by atoms with Crippen molar-refractivity contribution in [3.05, 3.63) is 76.8 Å². The Labute approximate surface area is 154 Å². The number of rotatable bonds is 3. The van der Waals surface area contributed by atoms with E-state index in [9.17, 15) is 0 Å². The van der Waals surface area contributed by atoms with E-state index >= 15 is 0 Å². The highest BCUT2D eigenvalue weighted by molar-refractivity contribution is 5.71. The van der Waals surface area contributed by atoms with Gasteiger partial charge in [0.15, 0.2) is 0 Å². The topological polar surface area (TPSA) is 56.6 Å². The van der Waals surface area contributed by atoms with Crippen LogP contribution in [0.1, 0.15) is 35.0 Å². The van der Waals surface area contributed by atoms with E-state index in [1.807, 2.05) is 26.0 Å². The fourth-order valence-corrected chi connectivity index (χ4v) is 3.38. The number of aromatic nitrogens is 2. The van der Waals surface area contributed by atoms with E-state index in [0.29, 0.717) is 12.3 Å². The number of nitrogens with two attached hydrogens (primary N) is 1. The Bertz CT molecular complexity index is 1000. The van der Waals surface area contributed by atoms with Crippen molar-refractivity contribution < 1.29 is 9.46 Å². The van der Waals surface area contributed by atoms with Gasteiger partial charge >= 0.3 is 0 Å². The molecular formula is C22H26N3O+. The smallest absolute Gasteiger partial charge is 0.242 e. The van der Waals surface area contributed by atoms with Crippen molar-refractivity contribution in [1.29, 1.82) is 0 Å². The number of phenolic OH excluding ortho intramolecular Hbond substituents is 1. The Morgan fingerprint density at radius 3 is 2.54 bits per heavy atom. The number of nitrogens with zero attached hydrogens (tertiary/aromatic N) is 2. The van der Waals surface area contributed by atoms with Gasteiger partial charge < -0.3 is 10.8 Å². The minimum absolute atomic E-state index is 0.329. The van der Waals surface area contributed by atoms with Gasteiger partial charge in [0.05, 0.1) is 5.56 Å². The van der Waals surface area contributed by atoms with E-state index in [0.717, 1.165) is 6.42 Å². The molecule has 1 aromatic carbocycles. The quantitative estimate of drug-likeness (QED) is 0.712. The van der Waals surface area contributed by atoms with Crippen LogP contribution in [0.5, 0.6) is 5.75 Å². The summed E-state index contributed by atoms with van der Waals surface area (Å²) in [5.74, 6) is 0.329. The van der Waals surface area contributed by atoms with Crippen molar-refractivity contribution in [2.24, 2.45) is 5.73 Å². The van der Waals surface area contributed by atoms with Crippen LogP contribution in [0.25, 0.3) is 17.7 Å². The molecule has 3 aromatic rings. The van der Waals surface area contributed by atoms with E-state index in [4.69, 9.17) is 10.8 Å².